The summed E-state index contributed by atoms with van der Waals surface area (Å²) in [4.78, 5) is 0. The van der Waals surface area contributed by atoms with Crippen LogP contribution in [0.4, 0.5) is 0 Å². The zero-order valence-corrected chi connectivity index (χ0v) is 5.98. The molecule has 0 amide bonds. The molecule has 0 aromatic rings. The maximum Gasteiger partial charge on any atom is 0.116 e. The summed E-state index contributed by atoms with van der Waals surface area (Å²) in [7, 11) is 1.63. The van der Waals surface area contributed by atoms with Gasteiger partial charge in [-0.2, -0.15) is 0 Å². The standard InChI is InChI=1S/C7H8ClO/c1-9-7-4-2-3-6(8)5-7/h2,4-5H,3H2,1H3. The molecule has 1 radical (unpaired) electrons. The third-order valence-corrected chi connectivity index (χ3v) is 1.39. The second kappa shape index (κ2) is 2.92. The first-order chi connectivity index (χ1) is 4.33. The van der Waals surface area contributed by atoms with Gasteiger partial charge in [-0.1, -0.05) is 6.08 Å². The Morgan fingerprint density at radius 3 is 2.89 bits per heavy atom. The van der Waals surface area contributed by atoms with E-state index in [9.17, 15) is 0 Å². The van der Waals surface area contributed by atoms with Crippen LogP contribution in [0.1, 0.15) is 6.42 Å². The van der Waals surface area contributed by atoms with E-state index in [4.69, 9.17) is 16.3 Å². The van der Waals surface area contributed by atoms with Gasteiger partial charge in [0.15, 0.2) is 0 Å². The van der Waals surface area contributed by atoms with Crippen LogP contribution in [0.15, 0.2) is 24.0 Å². The molecule has 0 saturated heterocycles. The second-order valence-electron chi connectivity index (χ2n) is 1.80. The molecule has 0 aliphatic heterocycles. The van der Waals surface area contributed by atoms with Crippen molar-refractivity contribution in [1.29, 1.82) is 0 Å². The lowest BCUT2D eigenvalue weighted by molar-refractivity contribution is 0.305. The molecule has 0 unspecified atom stereocenters. The molecule has 1 aliphatic carbocycles. The van der Waals surface area contributed by atoms with Crippen molar-refractivity contribution < 1.29 is 4.74 Å². The minimum Gasteiger partial charge on any atom is -0.497 e. The van der Waals surface area contributed by atoms with Crippen LogP contribution in [-0.2, 0) is 4.74 Å². The van der Waals surface area contributed by atoms with Crippen molar-refractivity contribution >= 4 is 11.6 Å². The van der Waals surface area contributed by atoms with Gasteiger partial charge < -0.3 is 4.74 Å². The normalized spacial score (nSPS) is 19.6. The van der Waals surface area contributed by atoms with E-state index in [-0.39, 0.29) is 0 Å². The summed E-state index contributed by atoms with van der Waals surface area (Å²) in [6.07, 6.45) is 6.53. The van der Waals surface area contributed by atoms with E-state index < -0.39 is 0 Å². The van der Waals surface area contributed by atoms with Crippen LogP contribution < -0.4 is 0 Å². The van der Waals surface area contributed by atoms with Gasteiger partial charge in [-0.25, -0.2) is 0 Å². The summed E-state index contributed by atoms with van der Waals surface area (Å²) in [5, 5.41) is 0.828. The van der Waals surface area contributed by atoms with Crippen molar-refractivity contribution in [2.24, 2.45) is 0 Å². The number of hydrogen-bond acceptors (Lipinski definition) is 1. The SMILES string of the molecule is COC1=C[C](Cl)CC=C1. The Hall–Kier alpha value is -0.430. The quantitative estimate of drug-likeness (QED) is 0.547. The average Bonchev–Trinajstić information content (AvgIpc) is 1.88. The lowest BCUT2D eigenvalue weighted by Crippen LogP contribution is -1.91. The summed E-state index contributed by atoms with van der Waals surface area (Å²) < 4.78 is 4.93. The van der Waals surface area contributed by atoms with Gasteiger partial charge in [0.25, 0.3) is 0 Å². The Bertz CT molecular complexity index is 149. The molecule has 49 valence electrons. The van der Waals surface area contributed by atoms with Gasteiger partial charge in [0, 0.05) is 0 Å². The molecule has 0 heterocycles. The molecule has 1 nitrogen and oxygen atoms in total. The van der Waals surface area contributed by atoms with E-state index in [1.807, 2.05) is 18.2 Å². The van der Waals surface area contributed by atoms with E-state index >= 15 is 0 Å². The van der Waals surface area contributed by atoms with Gasteiger partial charge >= 0.3 is 0 Å². The molecular formula is C7H8ClO. The highest BCUT2D eigenvalue weighted by molar-refractivity contribution is 6.28. The van der Waals surface area contributed by atoms with E-state index in [0.717, 1.165) is 17.6 Å². The number of rotatable bonds is 1. The molecular weight excluding hydrogens is 136 g/mol. The Balaban J connectivity index is 2.59. The predicted molar refractivity (Wildman–Crippen MR) is 37.9 cm³/mol. The fourth-order valence-corrected chi connectivity index (χ4v) is 0.873. The van der Waals surface area contributed by atoms with Crippen LogP contribution in [0.2, 0.25) is 0 Å². The molecule has 0 aromatic heterocycles. The zero-order chi connectivity index (χ0) is 6.69. The minimum absolute atomic E-state index is 0.825. The minimum atomic E-state index is 0.825. The van der Waals surface area contributed by atoms with Gasteiger partial charge in [0.1, 0.15) is 5.76 Å². The highest BCUT2D eigenvalue weighted by atomic mass is 35.5. The smallest absolute Gasteiger partial charge is 0.116 e. The van der Waals surface area contributed by atoms with Gasteiger partial charge in [0.05, 0.1) is 12.5 Å². The zero-order valence-electron chi connectivity index (χ0n) is 5.23. The average molecular weight is 144 g/mol. The molecule has 1 aliphatic rings. The first kappa shape index (κ1) is 6.69. The molecule has 0 spiro atoms. The summed E-state index contributed by atoms with van der Waals surface area (Å²) >= 11 is 5.70. The van der Waals surface area contributed by atoms with E-state index in [2.05, 4.69) is 0 Å². The van der Waals surface area contributed by atoms with E-state index in [0.29, 0.717) is 0 Å². The molecule has 0 saturated carbocycles. The van der Waals surface area contributed by atoms with E-state index in [1.54, 1.807) is 7.11 Å². The number of ether oxygens (including phenoxy) is 1. The summed E-state index contributed by atoms with van der Waals surface area (Å²) in [5.41, 5.74) is 0. The van der Waals surface area contributed by atoms with Crippen LogP contribution in [0.25, 0.3) is 0 Å². The van der Waals surface area contributed by atoms with Gasteiger partial charge in [-0.05, 0) is 18.6 Å². The third-order valence-electron chi connectivity index (χ3n) is 1.13. The molecule has 0 N–H and O–H groups in total. The topological polar surface area (TPSA) is 9.23 Å². The lowest BCUT2D eigenvalue weighted by atomic mass is 10.2. The Morgan fingerprint density at radius 2 is 2.44 bits per heavy atom. The monoisotopic (exact) mass is 143 g/mol. The first-order valence-electron chi connectivity index (χ1n) is 2.76. The highest BCUT2D eigenvalue weighted by Gasteiger charge is 2.05. The van der Waals surface area contributed by atoms with Crippen molar-refractivity contribution in [3.05, 3.63) is 29.4 Å². The molecule has 0 aromatic carbocycles. The number of halogens is 1. The van der Waals surface area contributed by atoms with Crippen molar-refractivity contribution in [3.8, 4) is 0 Å². The third kappa shape index (κ3) is 1.75. The molecule has 0 fully saturated rings. The van der Waals surface area contributed by atoms with Crippen LogP contribution >= 0.6 is 11.6 Å². The summed E-state index contributed by atoms with van der Waals surface area (Å²) in [6, 6.07) is 0. The van der Waals surface area contributed by atoms with Crippen molar-refractivity contribution in [1.82, 2.24) is 0 Å². The Kier molecular flexibility index (Phi) is 2.17. The molecule has 0 atom stereocenters. The maximum atomic E-state index is 5.70. The Morgan fingerprint density at radius 1 is 1.67 bits per heavy atom. The van der Waals surface area contributed by atoms with Crippen molar-refractivity contribution in [2.45, 2.75) is 6.42 Å². The van der Waals surface area contributed by atoms with Crippen LogP contribution in [-0.4, -0.2) is 7.11 Å². The van der Waals surface area contributed by atoms with Crippen molar-refractivity contribution in [3.63, 3.8) is 0 Å². The number of allylic oxidation sites excluding steroid dienone is 3. The fraction of sp³-hybridized carbons (Fsp3) is 0.286. The van der Waals surface area contributed by atoms with Gasteiger partial charge in [0.2, 0.25) is 0 Å². The lowest BCUT2D eigenvalue weighted by Gasteiger charge is -2.07. The van der Waals surface area contributed by atoms with Crippen LogP contribution in [0.3, 0.4) is 0 Å². The molecule has 1 rings (SSSR count). The summed E-state index contributed by atoms with van der Waals surface area (Å²) in [6.45, 7) is 0. The van der Waals surface area contributed by atoms with Crippen molar-refractivity contribution in [2.75, 3.05) is 7.11 Å². The van der Waals surface area contributed by atoms with E-state index in [1.165, 1.54) is 0 Å². The summed E-state index contributed by atoms with van der Waals surface area (Å²) in [5.74, 6) is 0.825. The van der Waals surface area contributed by atoms with Crippen LogP contribution in [0.5, 0.6) is 0 Å². The predicted octanol–water partition coefficient (Wildman–Crippen LogP) is 2.25. The van der Waals surface area contributed by atoms with Crippen LogP contribution in [0, 0.1) is 5.38 Å². The number of methoxy groups -OCH3 is 1. The largest absolute Gasteiger partial charge is 0.497 e. The molecule has 2 heteroatoms. The second-order valence-corrected chi connectivity index (χ2v) is 2.29. The molecule has 9 heavy (non-hydrogen) atoms. The number of hydrogen-bond donors (Lipinski definition) is 0. The Labute approximate surface area is 60.0 Å². The van der Waals surface area contributed by atoms with Gasteiger partial charge in [-0.3, -0.25) is 0 Å². The van der Waals surface area contributed by atoms with Gasteiger partial charge in [-0.15, -0.1) is 11.6 Å². The first-order valence-corrected chi connectivity index (χ1v) is 3.14. The highest BCUT2D eigenvalue weighted by Crippen LogP contribution is 2.21. The molecule has 0 bridgehead atoms. The maximum absolute atomic E-state index is 5.70. The fourth-order valence-electron chi connectivity index (χ4n) is 0.676.